The molecule has 0 rings (SSSR count). The average Bonchev–Trinajstić information content (AvgIpc) is 2.36. The van der Waals surface area contributed by atoms with E-state index in [2.05, 4.69) is 19.3 Å². The average molecular weight is 242 g/mol. The van der Waals surface area contributed by atoms with Crippen molar-refractivity contribution < 1.29 is 0 Å². The first-order valence-electron chi connectivity index (χ1n) is 7.81. The molecule has 17 heavy (non-hydrogen) atoms. The summed E-state index contributed by atoms with van der Waals surface area (Å²) in [6, 6.07) is 0.532. The lowest BCUT2D eigenvalue weighted by atomic mass is 10.0. The van der Waals surface area contributed by atoms with Crippen LogP contribution in [0.25, 0.3) is 0 Å². The molecule has 104 valence electrons. The van der Waals surface area contributed by atoms with Gasteiger partial charge >= 0.3 is 0 Å². The molecule has 0 saturated heterocycles. The molecule has 0 fully saturated rings. The van der Waals surface area contributed by atoms with Gasteiger partial charge in [0.05, 0.1) is 0 Å². The zero-order valence-electron chi connectivity index (χ0n) is 12.1. The van der Waals surface area contributed by atoms with Crippen LogP contribution in [-0.4, -0.2) is 6.04 Å². The largest absolute Gasteiger partial charge is 0.271 e. The number of hydrogen-bond donors (Lipinski definition) is 2. The second-order valence-corrected chi connectivity index (χ2v) is 5.24. The third-order valence-corrected chi connectivity index (χ3v) is 3.63. The first-order chi connectivity index (χ1) is 8.35. The molecule has 0 aromatic carbocycles. The van der Waals surface area contributed by atoms with Gasteiger partial charge in [-0.25, -0.2) is 0 Å². The van der Waals surface area contributed by atoms with Crippen LogP contribution in [-0.2, 0) is 0 Å². The van der Waals surface area contributed by atoms with Gasteiger partial charge in [-0.3, -0.25) is 11.3 Å². The first-order valence-corrected chi connectivity index (χ1v) is 7.81. The molecular weight excluding hydrogens is 208 g/mol. The maximum atomic E-state index is 5.45. The summed E-state index contributed by atoms with van der Waals surface area (Å²) in [5.41, 5.74) is 2.88. The molecule has 0 aliphatic heterocycles. The molecule has 0 aromatic heterocycles. The Morgan fingerprint density at radius 1 is 0.765 bits per heavy atom. The standard InChI is InChI=1S/C15H34N2/c1-3-5-6-7-8-9-10-11-12-13-14-15(4-2)17-16/h15,17H,3-14,16H2,1-2H3. The number of hydrogen-bond acceptors (Lipinski definition) is 2. The van der Waals surface area contributed by atoms with Crippen LogP contribution in [0.1, 0.15) is 90.9 Å². The summed E-state index contributed by atoms with van der Waals surface area (Å²) in [7, 11) is 0. The number of nitrogens with one attached hydrogen (secondary N) is 1. The number of rotatable bonds is 13. The Bertz CT molecular complexity index is 133. The van der Waals surface area contributed by atoms with E-state index in [1.807, 2.05) is 0 Å². The lowest BCUT2D eigenvalue weighted by Crippen LogP contribution is -2.34. The van der Waals surface area contributed by atoms with Crippen LogP contribution in [0.4, 0.5) is 0 Å². The van der Waals surface area contributed by atoms with Gasteiger partial charge in [0.1, 0.15) is 0 Å². The quantitative estimate of drug-likeness (QED) is 0.283. The lowest BCUT2D eigenvalue weighted by molar-refractivity contribution is 0.450. The topological polar surface area (TPSA) is 38.0 Å². The lowest BCUT2D eigenvalue weighted by Gasteiger charge is -2.12. The summed E-state index contributed by atoms with van der Waals surface area (Å²) in [6.45, 7) is 4.47. The van der Waals surface area contributed by atoms with Gasteiger partial charge < -0.3 is 0 Å². The van der Waals surface area contributed by atoms with E-state index in [9.17, 15) is 0 Å². The van der Waals surface area contributed by atoms with E-state index >= 15 is 0 Å². The third kappa shape index (κ3) is 12.2. The van der Waals surface area contributed by atoms with E-state index in [4.69, 9.17) is 5.84 Å². The highest BCUT2D eigenvalue weighted by molar-refractivity contribution is 4.60. The van der Waals surface area contributed by atoms with Gasteiger partial charge in [-0.1, -0.05) is 78.1 Å². The molecule has 0 aliphatic rings. The summed E-state index contributed by atoms with van der Waals surface area (Å²) in [4.78, 5) is 0. The van der Waals surface area contributed by atoms with Gasteiger partial charge in [-0.2, -0.15) is 0 Å². The molecule has 2 heteroatoms. The Morgan fingerprint density at radius 2 is 1.24 bits per heavy atom. The van der Waals surface area contributed by atoms with Gasteiger partial charge in [-0.15, -0.1) is 0 Å². The summed E-state index contributed by atoms with van der Waals surface area (Å²) in [6.07, 6.45) is 16.5. The molecule has 0 radical (unpaired) electrons. The normalized spacial score (nSPS) is 12.9. The van der Waals surface area contributed by atoms with Crippen molar-refractivity contribution in [3.8, 4) is 0 Å². The maximum absolute atomic E-state index is 5.45. The smallest absolute Gasteiger partial charge is 0.0207 e. The molecule has 0 spiro atoms. The maximum Gasteiger partial charge on any atom is 0.0207 e. The van der Waals surface area contributed by atoms with Gasteiger partial charge in [-0.05, 0) is 12.8 Å². The number of unbranched alkanes of at least 4 members (excludes halogenated alkanes) is 9. The summed E-state index contributed by atoms with van der Waals surface area (Å²) in [5, 5.41) is 0. The first kappa shape index (κ1) is 16.9. The monoisotopic (exact) mass is 242 g/mol. The van der Waals surface area contributed by atoms with E-state index in [0.29, 0.717) is 6.04 Å². The molecule has 2 nitrogen and oxygen atoms in total. The van der Waals surface area contributed by atoms with E-state index in [0.717, 1.165) is 6.42 Å². The predicted molar refractivity (Wildman–Crippen MR) is 77.9 cm³/mol. The van der Waals surface area contributed by atoms with Crippen molar-refractivity contribution >= 4 is 0 Å². The molecule has 0 bridgehead atoms. The third-order valence-electron chi connectivity index (χ3n) is 3.63. The van der Waals surface area contributed by atoms with Crippen LogP contribution < -0.4 is 11.3 Å². The van der Waals surface area contributed by atoms with E-state index in [1.54, 1.807) is 0 Å². The van der Waals surface area contributed by atoms with Crippen LogP contribution >= 0.6 is 0 Å². The zero-order chi connectivity index (χ0) is 12.8. The molecular formula is C15H34N2. The summed E-state index contributed by atoms with van der Waals surface area (Å²) in [5.74, 6) is 5.45. The fourth-order valence-electron chi connectivity index (χ4n) is 2.28. The molecule has 0 amide bonds. The minimum Gasteiger partial charge on any atom is -0.271 e. The fraction of sp³-hybridized carbons (Fsp3) is 1.00. The van der Waals surface area contributed by atoms with Crippen LogP contribution in [0.2, 0.25) is 0 Å². The van der Waals surface area contributed by atoms with Crippen LogP contribution in [0, 0.1) is 0 Å². The highest BCUT2D eigenvalue weighted by Gasteiger charge is 2.01. The van der Waals surface area contributed by atoms with Gasteiger partial charge in [0, 0.05) is 6.04 Å². The van der Waals surface area contributed by atoms with Crippen molar-refractivity contribution in [1.82, 2.24) is 5.43 Å². The van der Waals surface area contributed by atoms with Crippen molar-refractivity contribution in [1.29, 1.82) is 0 Å². The van der Waals surface area contributed by atoms with Crippen LogP contribution in [0.5, 0.6) is 0 Å². The minimum absolute atomic E-state index is 0.532. The van der Waals surface area contributed by atoms with E-state index < -0.39 is 0 Å². The highest BCUT2D eigenvalue weighted by atomic mass is 15.2. The van der Waals surface area contributed by atoms with Crippen molar-refractivity contribution in [2.24, 2.45) is 5.84 Å². The van der Waals surface area contributed by atoms with E-state index in [-0.39, 0.29) is 0 Å². The van der Waals surface area contributed by atoms with Gasteiger partial charge in [0.2, 0.25) is 0 Å². The highest BCUT2D eigenvalue weighted by Crippen LogP contribution is 2.12. The fourth-order valence-corrected chi connectivity index (χ4v) is 2.28. The Hall–Kier alpha value is -0.0800. The number of nitrogens with two attached hydrogens (primary N) is 1. The Morgan fingerprint density at radius 3 is 1.65 bits per heavy atom. The predicted octanol–water partition coefficient (Wildman–Crippen LogP) is 4.54. The molecule has 0 aromatic rings. The second-order valence-electron chi connectivity index (χ2n) is 5.24. The molecule has 3 N–H and O–H groups in total. The summed E-state index contributed by atoms with van der Waals surface area (Å²) < 4.78 is 0. The number of hydrazine groups is 1. The molecule has 0 saturated carbocycles. The summed E-state index contributed by atoms with van der Waals surface area (Å²) >= 11 is 0. The SMILES string of the molecule is CCCCCCCCCCCCC(CC)NN. The second kappa shape index (κ2) is 14.0. The van der Waals surface area contributed by atoms with Gasteiger partial charge in [0.25, 0.3) is 0 Å². The Balaban J connectivity index is 3.03. The van der Waals surface area contributed by atoms with Crippen molar-refractivity contribution in [3.05, 3.63) is 0 Å². The molecule has 0 heterocycles. The Kier molecular flexibility index (Phi) is 13.9. The van der Waals surface area contributed by atoms with Crippen LogP contribution in [0.15, 0.2) is 0 Å². The van der Waals surface area contributed by atoms with Crippen LogP contribution in [0.3, 0.4) is 0 Å². The van der Waals surface area contributed by atoms with E-state index in [1.165, 1.54) is 70.6 Å². The Labute approximate surface area is 109 Å². The molecule has 1 unspecified atom stereocenters. The molecule has 0 aliphatic carbocycles. The van der Waals surface area contributed by atoms with Gasteiger partial charge in [0.15, 0.2) is 0 Å². The minimum atomic E-state index is 0.532. The van der Waals surface area contributed by atoms with Crippen molar-refractivity contribution in [3.63, 3.8) is 0 Å². The molecule has 1 atom stereocenters. The van der Waals surface area contributed by atoms with Crippen molar-refractivity contribution in [2.45, 2.75) is 96.9 Å². The zero-order valence-corrected chi connectivity index (χ0v) is 12.1. The van der Waals surface area contributed by atoms with Crippen molar-refractivity contribution in [2.75, 3.05) is 0 Å².